The lowest BCUT2D eigenvalue weighted by molar-refractivity contribution is -0.276. The highest BCUT2D eigenvalue weighted by Crippen LogP contribution is 2.31. The molecule has 0 N–H and O–H groups in total. The SMILES string of the molecule is CCCCCOc1cc(F)c(CCc2ccc3c(F)c(CCc4cc(F)c(OC(F)(F)F)c(F)c4)ccc3c2)c(F)c1. The molecule has 0 radical (unpaired) electrons. The van der Waals surface area contributed by atoms with Gasteiger partial charge in [-0.15, -0.1) is 13.2 Å². The smallest absolute Gasteiger partial charge is 0.493 e. The highest BCUT2D eigenvalue weighted by atomic mass is 19.4. The third kappa shape index (κ3) is 7.92. The van der Waals surface area contributed by atoms with E-state index in [2.05, 4.69) is 4.74 Å². The molecule has 0 aromatic heterocycles. The van der Waals surface area contributed by atoms with Gasteiger partial charge in [-0.25, -0.2) is 22.0 Å². The summed E-state index contributed by atoms with van der Waals surface area (Å²) in [5.41, 5.74) is 0.946. The Morgan fingerprint density at radius 2 is 1.33 bits per heavy atom. The van der Waals surface area contributed by atoms with Gasteiger partial charge in [-0.1, -0.05) is 50.1 Å². The molecule has 0 saturated carbocycles. The van der Waals surface area contributed by atoms with Gasteiger partial charge in [-0.05, 0) is 66.3 Å². The number of alkyl halides is 3. The van der Waals surface area contributed by atoms with Crippen LogP contribution in [0.4, 0.5) is 35.1 Å². The summed E-state index contributed by atoms with van der Waals surface area (Å²) < 4.78 is 118. The van der Waals surface area contributed by atoms with Crippen LogP contribution in [0, 0.1) is 29.1 Å². The number of hydrogen-bond donors (Lipinski definition) is 0. The van der Waals surface area contributed by atoms with Gasteiger partial charge in [0.05, 0.1) is 6.61 Å². The second kappa shape index (κ2) is 13.4. The molecule has 0 bridgehead atoms. The van der Waals surface area contributed by atoms with Gasteiger partial charge in [-0.3, -0.25) is 0 Å². The summed E-state index contributed by atoms with van der Waals surface area (Å²) in [6.07, 6.45) is -2.12. The summed E-state index contributed by atoms with van der Waals surface area (Å²) in [6, 6.07) is 11.9. The molecule has 10 heteroatoms. The molecule has 0 aliphatic carbocycles. The Morgan fingerprint density at radius 3 is 1.98 bits per heavy atom. The van der Waals surface area contributed by atoms with Crippen molar-refractivity contribution in [3.05, 3.63) is 106 Å². The first-order valence-corrected chi connectivity index (χ1v) is 13.5. The van der Waals surface area contributed by atoms with Crippen LogP contribution in [-0.4, -0.2) is 13.0 Å². The Kier molecular flexibility index (Phi) is 9.96. The molecule has 4 aromatic carbocycles. The Balaban J connectivity index is 1.41. The van der Waals surface area contributed by atoms with Crippen molar-refractivity contribution < 1.29 is 44.6 Å². The molecule has 0 aliphatic rings. The first-order chi connectivity index (χ1) is 19.9. The number of unbranched alkanes of at least 4 members (excludes halogenated alkanes) is 2. The molecule has 0 saturated heterocycles. The normalized spacial score (nSPS) is 11.7. The molecule has 0 unspecified atom stereocenters. The number of fused-ring (bicyclic) bond motifs is 1. The van der Waals surface area contributed by atoms with E-state index in [4.69, 9.17) is 4.74 Å². The second-order valence-electron chi connectivity index (χ2n) is 9.95. The Morgan fingerprint density at radius 1 is 0.667 bits per heavy atom. The number of rotatable bonds is 12. The molecular formula is C32H28F8O2. The van der Waals surface area contributed by atoms with Crippen molar-refractivity contribution >= 4 is 10.8 Å². The molecule has 4 rings (SSSR count). The average molecular weight is 597 g/mol. The minimum absolute atomic E-state index is 0.0265. The average Bonchev–Trinajstić information content (AvgIpc) is 2.92. The van der Waals surface area contributed by atoms with E-state index in [1.807, 2.05) is 6.92 Å². The van der Waals surface area contributed by atoms with Crippen molar-refractivity contribution in [2.75, 3.05) is 6.61 Å². The van der Waals surface area contributed by atoms with E-state index in [1.54, 1.807) is 24.3 Å². The lowest BCUT2D eigenvalue weighted by Crippen LogP contribution is -2.19. The van der Waals surface area contributed by atoms with Crippen LogP contribution < -0.4 is 9.47 Å². The van der Waals surface area contributed by atoms with Gasteiger partial charge < -0.3 is 9.47 Å². The molecular weight excluding hydrogens is 568 g/mol. The van der Waals surface area contributed by atoms with Crippen LogP contribution in [0.2, 0.25) is 0 Å². The van der Waals surface area contributed by atoms with E-state index in [1.165, 1.54) is 18.2 Å². The van der Waals surface area contributed by atoms with E-state index in [0.717, 1.165) is 37.0 Å². The maximum atomic E-state index is 15.2. The summed E-state index contributed by atoms with van der Waals surface area (Å²) in [5.74, 6) is -6.37. The Hall–Kier alpha value is -3.82. The fraction of sp³-hybridized carbons (Fsp3) is 0.312. The quantitative estimate of drug-likeness (QED) is 0.120. The summed E-state index contributed by atoms with van der Waals surface area (Å²) in [6.45, 7) is 2.42. The number of benzene rings is 4. The van der Waals surface area contributed by atoms with Crippen LogP contribution in [0.5, 0.6) is 11.5 Å². The highest BCUT2D eigenvalue weighted by molar-refractivity contribution is 5.84. The third-order valence-corrected chi connectivity index (χ3v) is 6.85. The molecule has 0 amide bonds. The third-order valence-electron chi connectivity index (χ3n) is 6.85. The first-order valence-electron chi connectivity index (χ1n) is 13.5. The van der Waals surface area contributed by atoms with Crippen LogP contribution in [0.3, 0.4) is 0 Å². The zero-order valence-corrected chi connectivity index (χ0v) is 22.7. The predicted molar refractivity (Wildman–Crippen MR) is 143 cm³/mol. The molecule has 0 aliphatic heterocycles. The van der Waals surface area contributed by atoms with Crippen LogP contribution in [-0.2, 0) is 25.7 Å². The minimum Gasteiger partial charge on any atom is -0.493 e. The zero-order valence-electron chi connectivity index (χ0n) is 22.7. The molecule has 0 fully saturated rings. The topological polar surface area (TPSA) is 18.5 Å². The predicted octanol–water partition coefficient (Wildman–Crippen LogP) is 9.57. The van der Waals surface area contributed by atoms with Crippen molar-refractivity contribution in [3.8, 4) is 11.5 Å². The molecule has 0 atom stereocenters. The van der Waals surface area contributed by atoms with Crippen molar-refractivity contribution in [1.29, 1.82) is 0 Å². The molecule has 0 spiro atoms. The van der Waals surface area contributed by atoms with Gasteiger partial charge in [-0.2, -0.15) is 0 Å². The lowest BCUT2D eigenvalue weighted by Gasteiger charge is -2.12. The van der Waals surface area contributed by atoms with E-state index in [0.29, 0.717) is 18.4 Å². The standard InChI is InChI=1S/C32H28F8O2/c1-2-3-4-13-41-23-17-26(33)25(27(34)18-23)12-7-19-6-11-24-22(14-19)10-9-21(30(24)37)8-5-20-15-28(35)31(29(36)16-20)42-32(38,39)40/h6,9-11,14-18H,2-5,7-8,12-13H2,1H3. The summed E-state index contributed by atoms with van der Waals surface area (Å²) in [5, 5.41) is 0.834. The van der Waals surface area contributed by atoms with Crippen LogP contribution in [0.25, 0.3) is 10.8 Å². The molecule has 0 heterocycles. The van der Waals surface area contributed by atoms with Gasteiger partial charge in [0.15, 0.2) is 11.6 Å². The fourth-order valence-electron chi connectivity index (χ4n) is 4.70. The van der Waals surface area contributed by atoms with Crippen molar-refractivity contribution in [2.24, 2.45) is 0 Å². The number of ether oxygens (including phenoxy) is 2. The van der Waals surface area contributed by atoms with Crippen molar-refractivity contribution in [2.45, 2.75) is 58.2 Å². The minimum atomic E-state index is -5.25. The van der Waals surface area contributed by atoms with Crippen molar-refractivity contribution in [1.82, 2.24) is 0 Å². The zero-order chi connectivity index (χ0) is 30.4. The van der Waals surface area contributed by atoms with E-state index in [-0.39, 0.29) is 47.1 Å². The van der Waals surface area contributed by atoms with E-state index >= 15 is 4.39 Å². The van der Waals surface area contributed by atoms with Gasteiger partial charge in [0.2, 0.25) is 5.75 Å². The molecule has 224 valence electrons. The Bertz CT molecular complexity index is 1500. The number of aryl methyl sites for hydroxylation is 3. The van der Waals surface area contributed by atoms with Crippen LogP contribution >= 0.6 is 0 Å². The molecule has 4 aromatic rings. The molecule has 2 nitrogen and oxygen atoms in total. The number of halogens is 8. The fourth-order valence-corrected chi connectivity index (χ4v) is 4.70. The maximum absolute atomic E-state index is 15.2. The van der Waals surface area contributed by atoms with Gasteiger partial charge in [0.25, 0.3) is 0 Å². The first kappa shape index (κ1) is 31.1. The highest BCUT2D eigenvalue weighted by Gasteiger charge is 2.34. The number of hydrogen-bond acceptors (Lipinski definition) is 2. The lowest BCUT2D eigenvalue weighted by atomic mass is 9.97. The van der Waals surface area contributed by atoms with Gasteiger partial charge >= 0.3 is 6.36 Å². The van der Waals surface area contributed by atoms with Crippen LogP contribution in [0.1, 0.15) is 48.4 Å². The maximum Gasteiger partial charge on any atom is 0.573 e. The van der Waals surface area contributed by atoms with Gasteiger partial charge in [0.1, 0.15) is 23.2 Å². The second-order valence-corrected chi connectivity index (χ2v) is 9.95. The Labute approximate surface area is 237 Å². The van der Waals surface area contributed by atoms with Gasteiger partial charge in [0, 0.05) is 23.1 Å². The monoisotopic (exact) mass is 596 g/mol. The largest absolute Gasteiger partial charge is 0.573 e. The summed E-state index contributed by atoms with van der Waals surface area (Å²) >= 11 is 0. The van der Waals surface area contributed by atoms with E-state index < -0.39 is 41.2 Å². The van der Waals surface area contributed by atoms with Crippen LogP contribution in [0.15, 0.2) is 54.6 Å². The summed E-state index contributed by atoms with van der Waals surface area (Å²) in [4.78, 5) is 0. The van der Waals surface area contributed by atoms with Crippen molar-refractivity contribution in [3.63, 3.8) is 0 Å². The molecule has 42 heavy (non-hydrogen) atoms. The van der Waals surface area contributed by atoms with E-state index in [9.17, 15) is 30.7 Å². The summed E-state index contributed by atoms with van der Waals surface area (Å²) in [7, 11) is 0.